The molecule has 3 aromatic rings. The van der Waals surface area contributed by atoms with Gasteiger partial charge in [0.15, 0.2) is 5.75 Å². The van der Waals surface area contributed by atoms with Crippen molar-refractivity contribution in [2.45, 2.75) is 26.7 Å². The molecule has 0 bridgehead atoms. The Morgan fingerprint density at radius 3 is 2.65 bits per heavy atom. The number of aryl methyl sites for hydroxylation is 2. The average Bonchev–Trinajstić information content (AvgIpc) is 3.45. The number of rotatable bonds is 7. The maximum Gasteiger partial charge on any atom is 0.229 e. The van der Waals surface area contributed by atoms with Crippen LogP contribution in [0.1, 0.15) is 23.5 Å². The summed E-state index contributed by atoms with van der Waals surface area (Å²) in [6, 6.07) is 10.3. The van der Waals surface area contributed by atoms with Crippen molar-refractivity contribution in [2.75, 3.05) is 11.9 Å². The molecule has 31 heavy (non-hydrogen) atoms. The monoisotopic (exact) mass is 440 g/mol. The molecule has 4 rings (SSSR count). The third-order valence-corrected chi connectivity index (χ3v) is 5.78. The second kappa shape index (κ2) is 8.59. The summed E-state index contributed by atoms with van der Waals surface area (Å²) in [5.74, 6) is 0.728. The molecule has 8 heteroatoms. The second-order valence-corrected chi connectivity index (χ2v) is 8.37. The number of hydrogen-bond acceptors (Lipinski definition) is 5. The van der Waals surface area contributed by atoms with Gasteiger partial charge >= 0.3 is 0 Å². The molecule has 1 N–H and O–H groups in total. The van der Waals surface area contributed by atoms with Crippen LogP contribution in [0.3, 0.4) is 0 Å². The Hall–Kier alpha value is -3.06. The molecule has 0 aliphatic heterocycles. The highest BCUT2D eigenvalue weighted by atomic mass is 35.5. The van der Waals surface area contributed by atoms with Crippen molar-refractivity contribution in [3.8, 4) is 5.75 Å². The second-order valence-electron chi connectivity index (χ2n) is 7.93. The third-order valence-electron chi connectivity index (χ3n) is 5.52. The van der Waals surface area contributed by atoms with Crippen LogP contribution < -0.4 is 10.1 Å². The lowest BCUT2D eigenvalue weighted by atomic mass is 9.94. The largest absolute Gasteiger partial charge is 0.489 e. The predicted molar refractivity (Wildman–Crippen MR) is 116 cm³/mol. The normalized spacial score (nSPS) is 19.7. The van der Waals surface area contributed by atoms with Crippen LogP contribution in [-0.2, 0) is 11.2 Å². The van der Waals surface area contributed by atoms with E-state index < -0.39 is 5.82 Å². The van der Waals surface area contributed by atoms with Gasteiger partial charge in [0, 0.05) is 16.4 Å². The van der Waals surface area contributed by atoms with Gasteiger partial charge < -0.3 is 10.1 Å². The van der Waals surface area contributed by atoms with E-state index in [0.717, 1.165) is 17.5 Å². The Morgan fingerprint density at radius 1 is 1.19 bits per heavy atom. The first-order valence-corrected chi connectivity index (χ1v) is 10.3. The van der Waals surface area contributed by atoms with Gasteiger partial charge in [-0.2, -0.15) is 0 Å². The van der Waals surface area contributed by atoms with E-state index in [-0.39, 0.29) is 17.2 Å². The molecule has 2 aromatic heterocycles. The van der Waals surface area contributed by atoms with Crippen LogP contribution in [0.25, 0.3) is 0 Å². The van der Waals surface area contributed by atoms with Gasteiger partial charge in [0.1, 0.15) is 17.5 Å². The molecule has 1 aromatic carbocycles. The summed E-state index contributed by atoms with van der Waals surface area (Å²) < 4.78 is 19.2. The topological polar surface area (TPSA) is 77.0 Å². The molecule has 1 aliphatic carbocycles. The van der Waals surface area contributed by atoms with Crippen molar-refractivity contribution in [3.63, 3.8) is 0 Å². The molecule has 160 valence electrons. The van der Waals surface area contributed by atoms with Gasteiger partial charge in [-0.25, -0.2) is 19.3 Å². The Morgan fingerprint density at radius 2 is 1.97 bits per heavy atom. The number of halogens is 2. The fourth-order valence-corrected chi connectivity index (χ4v) is 3.86. The molecular weight excluding hydrogens is 419 g/mol. The zero-order valence-electron chi connectivity index (χ0n) is 17.2. The van der Waals surface area contributed by atoms with Crippen LogP contribution in [0.4, 0.5) is 10.2 Å². The van der Waals surface area contributed by atoms with Gasteiger partial charge in [-0.05, 0) is 56.5 Å². The smallest absolute Gasteiger partial charge is 0.229 e. The van der Waals surface area contributed by atoms with Crippen molar-refractivity contribution < 1.29 is 13.9 Å². The van der Waals surface area contributed by atoms with Crippen molar-refractivity contribution in [1.29, 1.82) is 0 Å². The van der Waals surface area contributed by atoms with Gasteiger partial charge in [0.2, 0.25) is 5.91 Å². The summed E-state index contributed by atoms with van der Waals surface area (Å²) in [7, 11) is 0. The number of nitrogens with one attached hydrogen (secondary N) is 1. The van der Waals surface area contributed by atoms with Gasteiger partial charge in [-0.1, -0.05) is 23.7 Å². The fraction of sp³-hybridized carbons (Fsp3) is 0.304. The highest BCUT2D eigenvalue weighted by Gasteiger charge is 2.58. The Bertz CT molecular complexity index is 1090. The summed E-state index contributed by atoms with van der Waals surface area (Å²) in [5.41, 5.74) is 1.45. The molecule has 2 heterocycles. The quantitative estimate of drug-likeness (QED) is 0.583. The first-order valence-electron chi connectivity index (χ1n) is 9.94. The van der Waals surface area contributed by atoms with Crippen LogP contribution in [0.5, 0.6) is 5.75 Å². The average molecular weight is 441 g/mol. The van der Waals surface area contributed by atoms with Crippen LogP contribution in [0, 0.1) is 31.0 Å². The summed E-state index contributed by atoms with van der Waals surface area (Å²) in [5, 5.41) is 3.44. The van der Waals surface area contributed by atoms with Crippen LogP contribution in [0.15, 0.2) is 48.8 Å². The molecule has 0 unspecified atom stereocenters. The molecule has 2 atom stereocenters. The molecule has 0 spiro atoms. The number of hydrogen-bond donors (Lipinski definition) is 1. The highest BCUT2D eigenvalue weighted by Crippen LogP contribution is 2.55. The summed E-state index contributed by atoms with van der Waals surface area (Å²) >= 11 is 6.01. The lowest BCUT2D eigenvalue weighted by molar-refractivity contribution is -0.118. The van der Waals surface area contributed by atoms with Crippen LogP contribution in [0.2, 0.25) is 5.02 Å². The van der Waals surface area contributed by atoms with E-state index in [2.05, 4.69) is 20.3 Å². The van der Waals surface area contributed by atoms with Crippen LogP contribution >= 0.6 is 11.6 Å². The number of benzene rings is 1. The number of carbonyl (C=O) groups is 1. The summed E-state index contributed by atoms with van der Waals surface area (Å²) in [6.07, 6.45) is 4.06. The van der Waals surface area contributed by atoms with E-state index >= 15 is 0 Å². The first kappa shape index (κ1) is 21.2. The van der Waals surface area contributed by atoms with E-state index in [9.17, 15) is 9.18 Å². The zero-order valence-corrected chi connectivity index (χ0v) is 18.0. The van der Waals surface area contributed by atoms with Crippen molar-refractivity contribution >= 4 is 23.3 Å². The van der Waals surface area contributed by atoms with Gasteiger partial charge in [0.05, 0.1) is 24.7 Å². The van der Waals surface area contributed by atoms with Gasteiger partial charge in [0.25, 0.3) is 0 Å². The molecular formula is C23H22ClFN4O2. The fourth-order valence-electron chi connectivity index (χ4n) is 3.73. The molecule has 1 saturated carbocycles. The molecule has 1 fully saturated rings. The van der Waals surface area contributed by atoms with Gasteiger partial charge in [-0.15, -0.1) is 0 Å². The van der Waals surface area contributed by atoms with Crippen molar-refractivity contribution in [2.24, 2.45) is 11.3 Å². The number of pyridine rings is 1. The lowest BCUT2D eigenvalue weighted by Gasteiger charge is -2.19. The Balaban J connectivity index is 1.51. The van der Waals surface area contributed by atoms with Crippen LogP contribution in [-0.4, -0.2) is 27.5 Å². The van der Waals surface area contributed by atoms with E-state index in [1.165, 1.54) is 12.1 Å². The third kappa shape index (κ3) is 4.99. The maximum atomic E-state index is 13.1. The minimum atomic E-state index is -0.453. The number of carbonyl (C=O) groups excluding carboxylic acids is 1. The zero-order chi connectivity index (χ0) is 22.0. The molecule has 6 nitrogen and oxygen atoms in total. The predicted octanol–water partition coefficient (Wildman–Crippen LogP) is 4.55. The number of aromatic nitrogens is 3. The Labute approximate surface area is 184 Å². The van der Waals surface area contributed by atoms with Gasteiger partial charge in [-0.3, -0.25) is 4.79 Å². The van der Waals surface area contributed by atoms with E-state index in [4.69, 9.17) is 16.3 Å². The maximum absolute atomic E-state index is 13.1. The van der Waals surface area contributed by atoms with E-state index in [0.29, 0.717) is 41.9 Å². The molecule has 0 saturated heterocycles. The number of nitrogens with zero attached hydrogens (tertiary/aromatic N) is 3. The highest BCUT2D eigenvalue weighted by molar-refractivity contribution is 6.30. The van der Waals surface area contributed by atoms with Crippen molar-refractivity contribution in [3.05, 3.63) is 76.7 Å². The molecule has 1 amide bonds. The Kier molecular flexibility index (Phi) is 5.87. The number of amides is 1. The number of anilines is 1. The van der Waals surface area contributed by atoms with Crippen molar-refractivity contribution in [1.82, 2.24) is 15.0 Å². The summed E-state index contributed by atoms with van der Waals surface area (Å²) in [6.45, 7) is 4.04. The SMILES string of the molecule is Cc1ncc(OC[C@@]2(Cc3ccc(Cl)cc3)C[C@H]2C(=O)Nc2ccc(F)cn2)c(C)n1. The van der Waals surface area contributed by atoms with E-state index in [1.807, 2.05) is 38.1 Å². The van der Waals surface area contributed by atoms with E-state index in [1.54, 1.807) is 6.20 Å². The number of ether oxygens (including phenoxy) is 1. The summed E-state index contributed by atoms with van der Waals surface area (Å²) in [4.78, 5) is 25.3. The molecule has 0 radical (unpaired) electrons. The minimum Gasteiger partial charge on any atom is -0.489 e. The minimum absolute atomic E-state index is 0.159. The molecule has 1 aliphatic rings. The first-order chi connectivity index (χ1) is 14.8. The standard InChI is InChI=1S/C23H22ClFN4O2/c1-14-20(12-26-15(2)28-14)31-13-23(9-16-3-5-17(24)6-4-16)10-19(23)22(30)29-21-8-7-18(25)11-27-21/h3-8,11-12,19H,9-10,13H2,1-2H3,(H,27,29,30)/t19-,23+/m0/s1. The lowest BCUT2D eigenvalue weighted by Crippen LogP contribution is -2.25.